The van der Waals surface area contributed by atoms with Gasteiger partial charge >= 0.3 is 6.18 Å². The second kappa shape index (κ2) is 5.85. The fraction of sp³-hybridized carbons (Fsp3) is 0.647. The molecule has 1 aromatic rings. The molecule has 0 aliphatic heterocycles. The predicted molar refractivity (Wildman–Crippen MR) is 78.2 cm³/mol. The summed E-state index contributed by atoms with van der Waals surface area (Å²) < 4.78 is 37.7. The van der Waals surface area contributed by atoms with Gasteiger partial charge in [0, 0.05) is 12.6 Å². The highest BCUT2D eigenvalue weighted by atomic mass is 19.4. The first-order chi connectivity index (χ1) is 10.3. The molecule has 2 unspecified atom stereocenters. The standard InChI is InChI=1S/C17H22F3NO/c1-21(15-6-12-8-16(22)9-13(12)7-15)10-11-2-4-14(5-3-11)17(18,19)20/h2-5,12-13,15-16,22H,6-10H2,1H3/t12-,13+,15?,16?. The minimum Gasteiger partial charge on any atom is -0.393 e. The summed E-state index contributed by atoms with van der Waals surface area (Å²) in [6.07, 6.45) is -0.382. The molecular weight excluding hydrogens is 291 g/mol. The third-order valence-corrected chi connectivity index (χ3v) is 5.30. The van der Waals surface area contributed by atoms with Crippen molar-refractivity contribution in [2.24, 2.45) is 11.8 Å². The molecule has 22 heavy (non-hydrogen) atoms. The van der Waals surface area contributed by atoms with E-state index >= 15 is 0 Å². The van der Waals surface area contributed by atoms with Gasteiger partial charge in [-0.1, -0.05) is 12.1 Å². The van der Waals surface area contributed by atoms with Gasteiger partial charge < -0.3 is 5.11 Å². The summed E-state index contributed by atoms with van der Waals surface area (Å²) in [7, 11) is 2.04. The van der Waals surface area contributed by atoms with Crippen LogP contribution in [-0.4, -0.2) is 29.2 Å². The minimum absolute atomic E-state index is 0.129. The summed E-state index contributed by atoms with van der Waals surface area (Å²) in [5, 5.41) is 9.68. The van der Waals surface area contributed by atoms with Crippen molar-refractivity contribution in [2.75, 3.05) is 7.05 Å². The van der Waals surface area contributed by atoms with Crippen LogP contribution in [-0.2, 0) is 12.7 Å². The molecular formula is C17H22F3NO. The molecule has 0 saturated heterocycles. The molecule has 2 aliphatic carbocycles. The molecule has 2 saturated carbocycles. The molecule has 0 amide bonds. The van der Waals surface area contributed by atoms with E-state index in [9.17, 15) is 18.3 Å². The molecule has 0 radical (unpaired) electrons. The normalized spacial score (nSPS) is 31.7. The average Bonchev–Trinajstić information content (AvgIpc) is 2.95. The van der Waals surface area contributed by atoms with Crippen LogP contribution in [0.4, 0.5) is 13.2 Å². The molecule has 2 aliphatic rings. The fourth-order valence-electron chi connectivity index (χ4n) is 4.13. The predicted octanol–water partition coefficient (Wildman–Crippen LogP) is 3.69. The lowest BCUT2D eigenvalue weighted by Gasteiger charge is -2.25. The van der Waals surface area contributed by atoms with Crippen molar-refractivity contribution in [1.29, 1.82) is 0 Å². The van der Waals surface area contributed by atoms with E-state index in [2.05, 4.69) is 4.90 Å². The van der Waals surface area contributed by atoms with Crippen LogP contribution in [0.15, 0.2) is 24.3 Å². The Morgan fingerprint density at radius 3 is 2.09 bits per heavy atom. The molecule has 1 N–H and O–H groups in total. The van der Waals surface area contributed by atoms with Crippen molar-refractivity contribution in [3.8, 4) is 0 Å². The molecule has 122 valence electrons. The Hall–Kier alpha value is -1.07. The van der Waals surface area contributed by atoms with E-state index in [0.717, 1.165) is 43.4 Å². The molecule has 2 nitrogen and oxygen atoms in total. The molecule has 3 rings (SSSR count). The van der Waals surface area contributed by atoms with Crippen molar-refractivity contribution in [1.82, 2.24) is 4.90 Å². The van der Waals surface area contributed by atoms with E-state index in [0.29, 0.717) is 24.4 Å². The Morgan fingerprint density at radius 1 is 1.05 bits per heavy atom. The van der Waals surface area contributed by atoms with Gasteiger partial charge in [0.2, 0.25) is 0 Å². The van der Waals surface area contributed by atoms with Gasteiger partial charge in [-0.2, -0.15) is 13.2 Å². The Kier molecular flexibility index (Phi) is 4.21. The number of alkyl halides is 3. The molecule has 0 aromatic heterocycles. The zero-order valence-corrected chi connectivity index (χ0v) is 12.7. The summed E-state index contributed by atoms with van der Waals surface area (Å²) in [5.74, 6) is 1.24. The van der Waals surface area contributed by atoms with Gasteiger partial charge in [-0.3, -0.25) is 4.90 Å². The molecule has 1 aromatic carbocycles. The lowest BCUT2D eigenvalue weighted by Crippen LogP contribution is -2.29. The maximum Gasteiger partial charge on any atom is 0.416 e. The van der Waals surface area contributed by atoms with Gasteiger partial charge in [-0.25, -0.2) is 0 Å². The van der Waals surface area contributed by atoms with E-state index in [1.165, 1.54) is 0 Å². The summed E-state index contributed by atoms with van der Waals surface area (Å²) >= 11 is 0. The minimum atomic E-state index is -4.27. The van der Waals surface area contributed by atoms with Crippen molar-refractivity contribution in [2.45, 2.75) is 50.6 Å². The van der Waals surface area contributed by atoms with E-state index in [4.69, 9.17) is 0 Å². The topological polar surface area (TPSA) is 23.5 Å². The van der Waals surface area contributed by atoms with Gasteiger partial charge in [0.25, 0.3) is 0 Å². The first-order valence-electron chi connectivity index (χ1n) is 7.87. The first kappa shape index (κ1) is 15.8. The number of aliphatic hydroxyl groups is 1. The molecule has 4 atom stereocenters. The Balaban J connectivity index is 1.57. The Labute approximate surface area is 128 Å². The van der Waals surface area contributed by atoms with Crippen molar-refractivity contribution in [3.05, 3.63) is 35.4 Å². The lowest BCUT2D eigenvalue weighted by atomic mass is 10.0. The zero-order valence-electron chi connectivity index (χ0n) is 12.7. The van der Waals surface area contributed by atoms with Gasteiger partial charge in [-0.05, 0) is 62.3 Å². The highest BCUT2D eigenvalue weighted by Gasteiger charge is 2.42. The summed E-state index contributed by atoms with van der Waals surface area (Å²) in [4.78, 5) is 2.24. The number of benzene rings is 1. The van der Waals surface area contributed by atoms with Crippen LogP contribution in [0, 0.1) is 11.8 Å². The molecule has 0 heterocycles. The quantitative estimate of drug-likeness (QED) is 0.920. The van der Waals surface area contributed by atoms with E-state index in [1.807, 2.05) is 7.05 Å². The van der Waals surface area contributed by atoms with E-state index < -0.39 is 11.7 Å². The highest BCUT2D eigenvalue weighted by Crippen LogP contribution is 2.45. The van der Waals surface area contributed by atoms with Crippen molar-refractivity contribution in [3.63, 3.8) is 0 Å². The second-order valence-corrected chi connectivity index (χ2v) is 6.88. The number of aliphatic hydroxyl groups excluding tert-OH is 1. The monoisotopic (exact) mass is 313 g/mol. The lowest BCUT2D eigenvalue weighted by molar-refractivity contribution is -0.137. The van der Waals surface area contributed by atoms with Crippen LogP contribution in [0.3, 0.4) is 0 Å². The third-order valence-electron chi connectivity index (χ3n) is 5.30. The average molecular weight is 313 g/mol. The third kappa shape index (κ3) is 3.30. The van der Waals surface area contributed by atoms with Crippen LogP contribution < -0.4 is 0 Å². The number of fused-ring (bicyclic) bond motifs is 1. The Morgan fingerprint density at radius 2 is 1.59 bits per heavy atom. The molecule has 0 spiro atoms. The maximum absolute atomic E-state index is 12.6. The van der Waals surface area contributed by atoms with Crippen LogP contribution in [0.1, 0.15) is 36.8 Å². The van der Waals surface area contributed by atoms with Crippen molar-refractivity contribution < 1.29 is 18.3 Å². The Bertz CT molecular complexity index is 500. The molecule has 0 bridgehead atoms. The second-order valence-electron chi connectivity index (χ2n) is 6.88. The SMILES string of the molecule is CN(Cc1ccc(C(F)(F)F)cc1)C1C[C@H]2CC(O)C[C@H]2C1. The first-order valence-corrected chi connectivity index (χ1v) is 7.87. The van der Waals surface area contributed by atoms with Crippen LogP contribution >= 0.6 is 0 Å². The number of halogens is 3. The van der Waals surface area contributed by atoms with Gasteiger partial charge in [0.15, 0.2) is 0 Å². The maximum atomic E-state index is 12.6. The number of hydrogen-bond acceptors (Lipinski definition) is 2. The van der Waals surface area contributed by atoms with Gasteiger partial charge in [0.1, 0.15) is 0 Å². The van der Waals surface area contributed by atoms with Crippen LogP contribution in [0.5, 0.6) is 0 Å². The summed E-state index contributed by atoms with van der Waals surface area (Å²) in [5.41, 5.74) is 0.316. The number of hydrogen-bond donors (Lipinski definition) is 1. The summed E-state index contributed by atoms with van der Waals surface area (Å²) in [6.45, 7) is 0.671. The van der Waals surface area contributed by atoms with Gasteiger partial charge in [0.05, 0.1) is 11.7 Å². The zero-order chi connectivity index (χ0) is 15.9. The number of rotatable bonds is 3. The van der Waals surface area contributed by atoms with E-state index in [-0.39, 0.29) is 6.10 Å². The van der Waals surface area contributed by atoms with Crippen LogP contribution in [0.25, 0.3) is 0 Å². The van der Waals surface area contributed by atoms with Crippen molar-refractivity contribution >= 4 is 0 Å². The van der Waals surface area contributed by atoms with Crippen LogP contribution in [0.2, 0.25) is 0 Å². The summed E-state index contributed by atoms with van der Waals surface area (Å²) in [6, 6.07) is 5.92. The fourth-order valence-corrected chi connectivity index (χ4v) is 4.13. The molecule has 5 heteroatoms. The van der Waals surface area contributed by atoms with Gasteiger partial charge in [-0.15, -0.1) is 0 Å². The number of nitrogens with zero attached hydrogens (tertiary/aromatic N) is 1. The van der Waals surface area contributed by atoms with E-state index in [1.54, 1.807) is 12.1 Å². The highest BCUT2D eigenvalue weighted by molar-refractivity contribution is 5.24. The largest absolute Gasteiger partial charge is 0.416 e. The smallest absolute Gasteiger partial charge is 0.393 e. The molecule has 2 fully saturated rings.